The summed E-state index contributed by atoms with van der Waals surface area (Å²) < 4.78 is 32.2. The van der Waals surface area contributed by atoms with Gasteiger partial charge in [-0.1, -0.05) is 116 Å². The average molecular weight is 665 g/mol. The van der Waals surface area contributed by atoms with E-state index in [9.17, 15) is 29.3 Å². The molecule has 3 atom stereocenters. The Morgan fingerprint density at radius 1 is 0.578 bits per heavy atom. The van der Waals surface area contributed by atoms with Crippen molar-refractivity contribution in [2.75, 3.05) is 26.4 Å². The Kier molecular flexibility index (Phi) is 30.4. The lowest BCUT2D eigenvalue weighted by Gasteiger charge is -2.20. The minimum Gasteiger partial charge on any atom is -0.457 e. The Hall–Kier alpha value is -1.29. The molecule has 0 aromatic rings. The van der Waals surface area contributed by atoms with Crippen molar-refractivity contribution >= 4 is 19.8 Å². The summed E-state index contributed by atoms with van der Waals surface area (Å²) in [7, 11) is -4.62. The standard InChI is InChI=1S/C34H65O10P/c1-3-5-7-9-11-12-13-14-15-16-17-18-20-22-24-26-34(38)44-32(28-36)30-42-45(39,40)41-29-31(27-35)43-33(37)25-23-21-19-10-8-6-4-2/h14-15,31-32,35-36H,3-13,16-30H2,1-2H3,(H,39,40)/b15-14-. The van der Waals surface area contributed by atoms with Gasteiger partial charge in [-0.3, -0.25) is 18.6 Å². The van der Waals surface area contributed by atoms with E-state index in [1.165, 1.54) is 57.8 Å². The number of hydrogen-bond donors (Lipinski definition) is 3. The second kappa shape index (κ2) is 31.3. The maximum atomic E-state index is 12.2. The van der Waals surface area contributed by atoms with E-state index in [2.05, 4.69) is 26.0 Å². The number of rotatable bonds is 33. The van der Waals surface area contributed by atoms with Crippen LogP contribution in [0.3, 0.4) is 0 Å². The number of carbonyl (C=O) groups excluding carboxylic acids is 2. The van der Waals surface area contributed by atoms with Gasteiger partial charge in [0.25, 0.3) is 0 Å². The van der Waals surface area contributed by atoms with E-state index in [4.69, 9.17) is 18.5 Å². The molecule has 0 heterocycles. The molecule has 0 amide bonds. The number of phosphoric acid groups is 1. The first kappa shape index (κ1) is 43.7. The number of unbranched alkanes of at least 4 members (excludes halogenated alkanes) is 17. The zero-order chi connectivity index (χ0) is 33.4. The first-order valence-corrected chi connectivity index (χ1v) is 19.1. The zero-order valence-corrected chi connectivity index (χ0v) is 29.2. The number of hydrogen-bond acceptors (Lipinski definition) is 9. The molecule has 0 aromatic heterocycles. The van der Waals surface area contributed by atoms with Gasteiger partial charge in [-0.05, 0) is 38.5 Å². The van der Waals surface area contributed by atoms with Crippen LogP contribution < -0.4 is 0 Å². The summed E-state index contributed by atoms with van der Waals surface area (Å²) in [5.74, 6) is -1.03. The molecule has 0 aliphatic heterocycles. The minimum atomic E-state index is -4.62. The summed E-state index contributed by atoms with van der Waals surface area (Å²) in [6, 6.07) is 0. The smallest absolute Gasteiger partial charge is 0.457 e. The van der Waals surface area contributed by atoms with Crippen molar-refractivity contribution in [3.8, 4) is 0 Å². The van der Waals surface area contributed by atoms with Gasteiger partial charge in [-0.25, -0.2) is 4.57 Å². The third-order valence-electron chi connectivity index (χ3n) is 7.48. The molecule has 3 N–H and O–H groups in total. The third-order valence-corrected chi connectivity index (χ3v) is 8.43. The molecule has 0 saturated carbocycles. The van der Waals surface area contributed by atoms with E-state index < -0.39 is 58.4 Å². The zero-order valence-electron chi connectivity index (χ0n) is 28.3. The Labute approximate surface area is 273 Å². The topological polar surface area (TPSA) is 149 Å². The number of carbonyl (C=O) groups is 2. The number of aliphatic hydroxyl groups is 2. The fourth-order valence-electron chi connectivity index (χ4n) is 4.70. The number of aliphatic hydroxyl groups excluding tert-OH is 2. The van der Waals surface area contributed by atoms with Crippen LogP contribution in [0, 0.1) is 0 Å². The van der Waals surface area contributed by atoms with Crippen LogP contribution in [0.2, 0.25) is 0 Å². The van der Waals surface area contributed by atoms with E-state index in [0.29, 0.717) is 12.8 Å². The van der Waals surface area contributed by atoms with Gasteiger partial charge < -0.3 is 24.6 Å². The van der Waals surface area contributed by atoms with Gasteiger partial charge >= 0.3 is 19.8 Å². The highest BCUT2D eigenvalue weighted by Crippen LogP contribution is 2.43. The van der Waals surface area contributed by atoms with Crippen molar-refractivity contribution in [3.63, 3.8) is 0 Å². The van der Waals surface area contributed by atoms with Gasteiger partial charge in [-0.15, -0.1) is 0 Å². The van der Waals surface area contributed by atoms with Gasteiger partial charge in [-0.2, -0.15) is 0 Å². The highest BCUT2D eigenvalue weighted by molar-refractivity contribution is 7.47. The first-order chi connectivity index (χ1) is 21.8. The maximum Gasteiger partial charge on any atom is 0.472 e. The summed E-state index contributed by atoms with van der Waals surface area (Å²) in [6.07, 6.45) is 25.0. The van der Waals surface area contributed by atoms with Crippen molar-refractivity contribution < 1.29 is 47.8 Å². The molecule has 0 fully saturated rings. The Balaban J connectivity index is 4.00. The molecule has 0 aliphatic rings. The molecular weight excluding hydrogens is 599 g/mol. The average Bonchev–Trinajstić information content (AvgIpc) is 3.02. The van der Waals surface area contributed by atoms with Gasteiger partial charge in [0.05, 0.1) is 26.4 Å². The van der Waals surface area contributed by atoms with Crippen molar-refractivity contribution in [1.29, 1.82) is 0 Å². The molecule has 45 heavy (non-hydrogen) atoms. The summed E-state index contributed by atoms with van der Waals surface area (Å²) in [4.78, 5) is 34.1. The number of allylic oxidation sites excluding steroid dienone is 2. The quantitative estimate of drug-likeness (QED) is 0.0272. The largest absolute Gasteiger partial charge is 0.472 e. The Morgan fingerprint density at radius 2 is 0.911 bits per heavy atom. The molecule has 11 heteroatoms. The minimum absolute atomic E-state index is 0.185. The predicted octanol–water partition coefficient (Wildman–Crippen LogP) is 8.11. The molecule has 0 saturated heterocycles. The summed E-state index contributed by atoms with van der Waals surface area (Å²) in [5.41, 5.74) is 0. The number of phosphoric ester groups is 1. The second-order valence-electron chi connectivity index (χ2n) is 11.9. The lowest BCUT2D eigenvalue weighted by molar-refractivity contribution is -0.153. The molecule has 0 radical (unpaired) electrons. The lowest BCUT2D eigenvalue weighted by Crippen LogP contribution is -2.28. The summed E-state index contributed by atoms with van der Waals surface area (Å²) in [6.45, 7) is 2.11. The molecule has 0 rings (SSSR count). The van der Waals surface area contributed by atoms with Crippen LogP contribution in [0.4, 0.5) is 0 Å². The second-order valence-corrected chi connectivity index (χ2v) is 13.3. The summed E-state index contributed by atoms with van der Waals surface area (Å²) >= 11 is 0. The van der Waals surface area contributed by atoms with Gasteiger partial charge in [0.2, 0.25) is 0 Å². The van der Waals surface area contributed by atoms with E-state index in [-0.39, 0.29) is 12.8 Å². The van der Waals surface area contributed by atoms with Crippen molar-refractivity contribution in [2.45, 2.75) is 167 Å². The van der Waals surface area contributed by atoms with Crippen LogP contribution in [-0.4, -0.2) is 65.7 Å². The molecular formula is C34H65O10P. The van der Waals surface area contributed by atoms with Crippen LogP contribution in [0.15, 0.2) is 12.2 Å². The van der Waals surface area contributed by atoms with E-state index in [1.54, 1.807) is 0 Å². The van der Waals surface area contributed by atoms with Crippen molar-refractivity contribution in [2.24, 2.45) is 0 Å². The Morgan fingerprint density at radius 3 is 1.27 bits per heavy atom. The van der Waals surface area contributed by atoms with Crippen molar-refractivity contribution in [3.05, 3.63) is 12.2 Å². The predicted molar refractivity (Wildman–Crippen MR) is 178 cm³/mol. The monoisotopic (exact) mass is 664 g/mol. The highest BCUT2D eigenvalue weighted by atomic mass is 31.2. The fraction of sp³-hybridized carbons (Fsp3) is 0.882. The first-order valence-electron chi connectivity index (χ1n) is 17.6. The molecule has 3 unspecified atom stereocenters. The Bertz CT molecular complexity index is 776. The van der Waals surface area contributed by atoms with Gasteiger partial charge in [0.15, 0.2) is 0 Å². The molecule has 10 nitrogen and oxygen atoms in total. The summed E-state index contributed by atoms with van der Waals surface area (Å²) in [5, 5.41) is 19.0. The normalized spacial score (nSPS) is 14.3. The lowest BCUT2D eigenvalue weighted by atomic mass is 10.1. The van der Waals surface area contributed by atoms with Crippen LogP contribution in [0.5, 0.6) is 0 Å². The molecule has 0 spiro atoms. The number of esters is 2. The number of ether oxygens (including phenoxy) is 2. The molecule has 0 aromatic carbocycles. The van der Waals surface area contributed by atoms with E-state index in [1.807, 2.05) is 0 Å². The van der Waals surface area contributed by atoms with Crippen LogP contribution in [0.25, 0.3) is 0 Å². The van der Waals surface area contributed by atoms with Gasteiger partial charge in [0, 0.05) is 12.8 Å². The van der Waals surface area contributed by atoms with Crippen LogP contribution >= 0.6 is 7.82 Å². The SMILES string of the molecule is CCCCCCCC/C=C\CCCCCCCC(=O)OC(CO)COP(=O)(O)OCC(CO)OC(=O)CCCCCCCCC. The third kappa shape index (κ3) is 29.8. The molecule has 266 valence electrons. The van der Waals surface area contributed by atoms with E-state index >= 15 is 0 Å². The maximum absolute atomic E-state index is 12.2. The molecule has 0 aliphatic carbocycles. The van der Waals surface area contributed by atoms with Gasteiger partial charge in [0.1, 0.15) is 12.2 Å². The molecule has 0 bridgehead atoms. The van der Waals surface area contributed by atoms with Crippen molar-refractivity contribution in [1.82, 2.24) is 0 Å². The highest BCUT2D eigenvalue weighted by Gasteiger charge is 2.27. The van der Waals surface area contributed by atoms with E-state index in [0.717, 1.165) is 57.8 Å². The van der Waals surface area contributed by atoms with Crippen LogP contribution in [-0.2, 0) is 32.7 Å². The fourth-order valence-corrected chi connectivity index (χ4v) is 5.48. The van der Waals surface area contributed by atoms with Crippen LogP contribution in [0.1, 0.15) is 155 Å².